The minimum atomic E-state index is -0.354. The summed E-state index contributed by atoms with van der Waals surface area (Å²) in [5.41, 5.74) is 2.30. The number of benzene rings is 2. The van der Waals surface area contributed by atoms with E-state index < -0.39 is 0 Å². The predicted octanol–water partition coefficient (Wildman–Crippen LogP) is 5.09. The van der Waals surface area contributed by atoms with E-state index in [1.807, 2.05) is 17.5 Å². The van der Waals surface area contributed by atoms with Crippen LogP contribution in [0.15, 0.2) is 47.8 Å². The molecule has 0 aliphatic rings. The predicted molar refractivity (Wildman–Crippen MR) is 112 cm³/mol. The summed E-state index contributed by atoms with van der Waals surface area (Å²) in [7, 11) is 0. The lowest BCUT2D eigenvalue weighted by molar-refractivity contribution is -0.118. The number of anilines is 2. The maximum Gasteiger partial charge on any atom is 0.264 e. The number of ether oxygens (including phenoxy) is 1. The Balaban J connectivity index is 1.57. The molecule has 6 nitrogen and oxygen atoms in total. The van der Waals surface area contributed by atoms with Gasteiger partial charge < -0.3 is 10.1 Å². The van der Waals surface area contributed by atoms with Gasteiger partial charge in [0.05, 0.1) is 10.7 Å². The molecule has 1 heterocycles. The summed E-state index contributed by atoms with van der Waals surface area (Å²) in [4.78, 5) is 27.5. The van der Waals surface area contributed by atoms with Crippen molar-refractivity contribution in [3.63, 3.8) is 0 Å². The zero-order chi connectivity index (χ0) is 20.1. The molecule has 9 heteroatoms. The number of carbonyl (C=O) groups is 2. The van der Waals surface area contributed by atoms with E-state index in [1.165, 1.54) is 18.3 Å². The van der Waals surface area contributed by atoms with Crippen LogP contribution in [-0.4, -0.2) is 23.4 Å². The fraction of sp³-hybridized carbons (Fsp3) is 0.105. The first-order valence-corrected chi connectivity index (χ1v) is 9.75. The molecule has 1 aromatic heterocycles. The van der Waals surface area contributed by atoms with Gasteiger partial charge in [0, 0.05) is 28.6 Å². The van der Waals surface area contributed by atoms with Crippen LogP contribution in [0.4, 0.5) is 10.8 Å². The second-order valence-electron chi connectivity index (χ2n) is 5.71. The lowest BCUT2D eigenvalue weighted by Crippen LogP contribution is -2.20. The number of halogens is 2. The minimum absolute atomic E-state index is 0.131. The molecule has 0 saturated carbocycles. The van der Waals surface area contributed by atoms with Gasteiger partial charge in [0.2, 0.25) is 5.91 Å². The molecule has 2 amide bonds. The summed E-state index contributed by atoms with van der Waals surface area (Å²) in [6.07, 6.45) is 0. The van der Waals surface area contributed by atoms with Crippen LogP contribution in [0.1, 0.15) is 6.92 Å². The smallest absolute Gasteiger partial charge is 0.264 e. The van der Waals surface area contributed by atoms with Gasteiger partial charge in [-0.15, -0.1) is 11.3 Å². The highest BCUT2D eigenvalue weighted by Crippen LogP contribution is 2.28. The molecule has 2 N–H and O–H groups in total. The van der Waals surface area contributed by atoms with Gasteiger partial charge in [-0.2, -0.15) is 0 Å². The Labute approximate surface area is 175 Å². The first-order chi connectivity index (χ1) is 13.4. The number of nitrogens with one attached hydrogen (secondary N) is 2. The molecule has 0 radical (unpaired) electrons. The van der Waals surface area contributed by atoms with Crippen molar-refractivity contribution < 1.29 is 14.3 Å². The summed E-state index contributed by atoms with van der Waals surface area (Å²) in [5, 5.41) is 8.50. The summed E-state index contributed by atoms with van der Waals surface area (Å²) in [5.74, 6) is -0.109. The normalized spacial score (nSPS) is 10.4. The number of nitrogens with zero attached hydrogens (tertiary/aromatic N) is 1. The fourth-order valence-corrected chi connectivity index (χ4v) is 3.48. The maximum atomic E-state index is 12.1. The number of carbonyl (C=O) groups excluding carboxylic acids is 2. The third-order valence-electron chi connectivity index (χ3n) is 3.50. The minimum Gasteiger partial charge on any atom is -0.482 e. The van der Waals surface area contributed by atoms with Crippen LogP contribution in [0.5, 0.6) is 5.75 Å². The van der Waals surface area contributed by atoms with E-state index in [2.05, 4.69) is 15.6 Å². The molecular formula is C19H15Cl2N3O3S. The second-order valence-corrected chi connectivity index (χ2v) is 7.41. The van der Waals surface area contributed by atoms with Crippen molar-refractivity contribution in [3.8, 4) is 17.0 Å². The van der Waals surface area contributed by atoms with Crippen molar-refractivity contribution in [3.05, 3.63) is 57.9 Å². The third-order valence-corrected chi connectivity index (χ3v) is 4.79. The van der Waals surface area contributed by atoms with E-state index in [1.54, 1.807) is 30.3 Å². The average molecular weight is 436 g/mol. The summed E-state index contributed by atoms with van der Waals surface area (Å²) in [6.45, 7) is 1.25. The molecule has 144 valence electrons. The van der Waals surface area contributed by atoms with E-state index in [0.717, 1.165) is 11.3 Å². The Morgan fingerprint density at radius 1 is 1.11 bits per heavy atom. The first-order valence-electron chi connectivity index (χ1n) is 8.12. The lowest BCUT2D eigenvalue weighted by atomic mass is 10.1. The monoisotopic (exact) mass is 435 g/mol. The van der Waals surface area contributed by atoms with Crippen molar-refractivity contribution in [2.45, 2.75) is 6.92 Å². The van der Waals surface area contributed by atoms with Crippen LogP contribution >= 0.6 is 34.5 Å². The van der Waals surface area contributed by atoms with E-state index in [-0.39, 0.29) is 18.4 Å². The molecule has 0 saturated heterocycles. The number of thiazole rings is 1. The highest BCUT2D eigenvalue weighted by molar-refractivity contribution is 7.14. The first kappa shape index (κ1) is 20.1. The zero-order valence-electron chi connectivity index (χ0n) is 14.7. The zero-order valence-corrected chi connectivity index (χ0v) is 17.0. The number of hydrogen-bond donors (Lipinski definition) is 2. The fourth-order valence-electron chi connectivity index (χ4n) is 2.28. The quantitative estimate of drug-likeness (QED) is 0.564. The highest BCUT2D eigenvalue weighted by Gasteiger charge is 2.10. The lowest BCUT2D eigenvalue weighted by Gasteiger charge is -2.07. The second kappa shape index (κ2) is 9.05. The topological polar surface area (TPSA) is 80.3 Å². The number of hydrogen-bond acceptors (Lipinski definition) is 5. The molecule has 0 bridgehead atoms. The van der Waals surface area contributed by atoms with Crippen LogP contribution in [0.3, 0.4) is 0 Å². The van der Waals surface area contributed by atoms with Crippen molar-refractivity contribution in [2.24, 2.45) is 0 Å². The van der Waals surface area contributed by atoms with E-state index in [9.17, 15) is 9.59 Å². The van der Waals surface area contributed by atoms with Crippen LogP contribution in [0, 0.1) is 0 Å². The van der Waals surface area contributed by atoms with Gasteiger partial charge in [-0.3, -0.25) is 14.9 Å². The van der Waals surface area contributed by atoms with Crippen molar-refractivity contribution in [1.82, 2.24) is 4.98 Å². The van der Waals surface area contributed by atoms with Gasteiger partial charge in [0.25, 0.3) is 5.91 Å². The number of rotatable bonds is 6. The van der Waals surface area contributed by atoms with E-state index in [0.29, 0.717) is 26.6 Å². The Morgan fingerprint density at radius 2 is 1.86 bits per heavy atom. The molecule has 28 heavy (non-hydrogen) atoms. The molecule has 2 aromatic carbocycles. The van der Waals surface area contributed by atoms with Gasteiger partial charge in [0.1, 0.15) is 5.75 Å². The average Bonchev–Trinajstić information content (AvgIpc) is 3.09. The van der Waals surface area contributed by atoms with E-state index in [4.69, 9.17) is 27.9 Å². The van der Waals surface area contributed by atoms with Crippen LogP contribution in [0.2, 0.25) is 10.0 Å². The van der Waals surface area contributed by atoms with Gasteiger partial charge >= 0.3 is 0 Å². The molecule has 0 atom stereocenters. The summed E-state index contributed by atoms with van der Waals surface area (Å²) >= 11 is 13.1. The molecular weight excluding hydrogens is 421 g/mol. The Bertz CT molecular complexity index is 1010. The van der Waals surface area contributed by atoms with Gasteiger partial charge in [0.15, 0.2) is 11.7 Å². The number of amides is 2. The molecule has 0 spiro atoms. The van der Waals surface area contributed by atoms with Crippen molar-refractivity contribution >= 4 is 57.2 Å². The van der Waals surface area contributed by atoms with Crippen LogP contribution in [-0.2, 0) is 9.59 Å². The Morgan fingerprint density at radius 3 is 2.54 bits per heavy atom. The standard InChI is InChI=1S/C19H15Cl2N3O3S/c1-11(25)22-14-5-2-12(3-6-14)16-10-28-19(23-16)24-18(26)9-27-17-7-4-13(20)8-15(17)21/h2-8,10H,9H2,1H3,(H,22,25)(H,23,24,26). The Kier molecular flexibility index (Phi) is 6.51. The SMILES string of the molecule is CC(=O)Nc1ccc(-c2csc(NC(=O)COc3ccc(Cl)cc3Cl)n2)cc1. The maximum absolute atomic E-state index is 12.1. The van der Waals surface area contributed by atoms with Crippen molar-refractivity contribution in [1.29, 1.82) is 0 Å². The van der Waals surface area contributed by atoms with Gasteiger partial charge in [-0.05, 0) is 30.3 Å². The van der Waals surface area contributed by atoms with Gasteiger partial charge in [-0.25, -0.2) is 4.98 Å². The largest absolute Gasteiger partial charge is 0.482 e. The molecule has 0 fully saturated rings. The summed E-state index contributed by atoms with van der Waals surface area (Å²) in [6, 6.07) is 12.0. The van der Waals surface area contributed by atoms with Crippen LogP contribution < -0.4 is 15.4 Å². The summed E-state index contributed by atoms with van der Waals surface area (Å²) < 4.78 is 5.40. The van der Waals surface area contributed by atoms with Gasteiger partial charge in [-0.1, -0.05) is 35.3 Å². The molecule has 3 rings (SSSR count). The molecule has 0 aliphatic heterocycles. The highest BCUT2D eigenvalue weighted by atomic mass is 35.5. The molecule has 3 aromatic rings. The molecule has 0 aliphatic carbocycles. The third kappa shape index (κ3) is 5.45. The van der Waals surface area contributed by atoms with Crippen molar-refractivity contribution in [2.75, 3.05) is 17.2 Å². The Hall–Kier alpha value is -2.61. The van der Waals surface area contributed by atoms with E-state index >= 15 is 0 Å². The molecule has 0 unspecified atom stereocenters. The van der Waals surface area contributed by atoms with Crippen LogP contribution in [0.25, 0.3) is 11.3 Å². The number of aromatic nitrogens is 1.